The molecule has 14 heavy (non-hydrogen) atoms. The summed E-state index contributed by atoms with van der Waals surface area (Å²) >= 11 is 0. The van der Waals surface area contributed by atoms with Crippen molar-refractivity contribution in [1.29, 1.82) is 0 Å². The monoisotopic (exact) mass is 196 g/mol. The molecular formula is C10H20N4. The fourth-order valence-corrected chi connectivity index (χ4v) is 1.57. The Bertz CT molecular complexity index is 280. The van der Waals surface area contributed by atoms with Crippen LogP contribution in [-0.2, 0) is 6.54 Å². The Morgan fingerprint density at radius 2 is 2.07 bits per heavy atom. The van der Waals surface area contributed by atoms with Crippen molar-refractivity contribution in [2.75, 3.05) is 6.54 Å². The smallest absolute Gasteiger partial charge is 0.147 e. The van der Waals surface area contributed by atoms with E-state index in [0.29, 0.717) is 6.04 Å². The van der Waals surface area contributed by atoms with Gasteiger partial charge in [-0.15, -0.1) is 0 Å². The van der Waals surface area contributed by atoms with Crippen LogP contribution in [0.5, 0.6) is 0 Å². The van der Waals surface area contributed by atoms with Crippen molar-refractivity contribution >= 4 is 0 Å². The van der Waals surface area contributed by atoms with Gasteiger partial charge in [0.15, 0.2) is 0 Å². The van der Waals surface area contributed by atoms with E-state index in [2.05, 4.69) is 29.2 Å². The summed E-state index contributed by atoms with van der Waals surface area (Å²) in [7, 11) is 0. The van der Waals surface area contributed by atoms with Gasteiger partial charge in [0.25, 0.3) is 0 Å². The summed E-state index contributed by atoms with van der Waals surface area (Å²) < 4.78 is 1.98. The molecule has 0 amide bonds. The first kappa shape index (κ1) is 11.2. The van der Waals surface area contributed by atoms with E-state index >= 15 is 0 Å². The standard InChI is InChI=1S/C10H20N4/c1-5-10(11-6-2)7-14-9(4)12-8(3)13-14/h10-11H,5-7H2,1-4H3. The molecule has 0 radical (unpaired) electrons. The number of likely N-dealkylation sites (N-methyl/N-ethyl adjacent to an activating group) is 1. The molecule has 0 saturated heterocycles. The normalized spacial score (nSPS) is 13.1. The Kier molecular flexibility index (Phi) is 4.07. The average Bonchev–Trinajstić information content (AvgIpc) is 2.44. The van der Waals surface area contributed by atoms with Crippen molar-refractivity contribution in [1.82, 2.24) is 20.1 Å². The van der Waals surface area contributed by atoms with Crippen molar-refractivity contribution in [2.45, 2.75) is 46.7 Å². The second-order valence-corrected chi connectivity index (χ2v) is 3.55. The molecule has 1 heterocycles. The maximum absolute atomic E-state index is 4.35. The number of nitrogens with zero attached hydrogens (tertiary/aromatic N) is 3. The fourth-order valence-electron chi connectivity index (χ4n) is 1.57. The van der Waals surface area contributed by atoms with Gasteiger partial charge < -0.3 is 5.32 Å². The summed E-state index contributed by atoms with van der Waals surface area (Å²) in [6, 6.07) is 0.500. The Hall–Kier alpha value is -0.900. The predicted octanol–water partition coefficient (Wildman–Crippen LogP) is 1.28. The SMILES string of the molecule is CCNC(CC)Cn1nc(C)nc1C. The largest absolute Gasteiger partial charge is 0.312 e. The van der Waals surface area contributed by atoms with Crippen LogP contribution >= 0.6 is 0 Å². The first-order valence-corrected chi connectivity index (χ1v) is 5.28. The van der Waals surface area contributed by atoms with E-state index < -0.39 is 0 Å². The molecule has 0 aliphatic heterocycles. The highest BCUT2D eigenvalue weighted by molar-refractivity contribution is 4.88. The van der Waals surface area contributed by atoms with E-state index in [1.165, 1.54) is 0 Å². The number of aromatic nitrogens is 3. The lowest BCUT2D eigenvalue weighted by atomic mass is 10.2. The maximum Gasteiger partial charge on any atom is 0.147 e. The van der Waals surface area contributed by atoms with Crippen molar-refractivity contribution in [3.63, 3.8) is 0 Å². The van der Waals surface area contributed by atoms with Crippen molar-refractivity contribution < 1.29 is 0 Å². The van der Waals surface area contributed by atoms with E-state index in [9.17, 15) is 0 Å². The van der Waals surface area contributed by atoms with E-state index in [0.717, 1.165) is 31.2 Å². The average molecular weight is 196 g/mol. The summed E-state index contributed by atoms with van der Waals surface area (Å²) in [5, 5.41) is 7.77. The van der Waals surface area contributed by atoms with Gasteiger partial charge in [-0.3, -0.25) is 0 Å². The van der Waals surface area contributed by atoms with Gasteiger partial charge in [0.2, 0.25) is 0 Å². The van der Waals surface area contributed by atoms with E-state index in [4.69, 9.17) is 0 Å². The van der Waals surface area contributed by atoms with Crippen LogP contribution in [-0.4, -0.2) is 27.4 Å². The second kappa shape index (κ2) is 5.10. The van der Waals surface area contributed by atoms with E-state index in [1.807, 2.05) is 18.5 Å². The van der Waals surface area contributed by atoms with Gasteiger partial charge in [0.1, 0.15) is 11.6 Å². The van der Waals surface area contributed by atoms with Crippen molar-refractivity contribution in [3.05, 3.63) is 11.6 Å². The fraction of sp³-hybridized carbons (Fsp3) is 0.800. The second-order valence-electron chi connectivity index (χ2n) is 3.55. The number of aryl methyl sites for hydroxylation is 2. The lowest BCUT2D eigenvalue weighted by Crippen LogP contribution is -2.33. The first-order valence-electron chi connectivity index (χ1n) is 5.28. The molecule has 4 heteroatoms. The van der Waals surface area contributed by atoms with Crippen molar-refractivity contribution in [2.24, 2.45) is 0 Å². The molecule has 0 saturated carbocycles. The molecule has 80 valence electrons. The number of rotatable bonds is 5. The number of hydrogen-bond donors (Lipinski definition) is 1. The van der Waals surface area contributed by atoms with Gasteiger partial charge in [-0.2, -0.15) is 5.10 Å². The highest BCUT2D eigenvalue weighted by atomic mass is 15.3. The van der Waals surface area contributed by atoms with Crippen LogP contribution in [0, 0.1) is 13.8 Å². The molecule has 1 rings (SSSR count). The Morgan fingerprint density at radius 1 is 1.36 bits per heavy atom. The highest BCUT2D eigenvalue weighted by Crippen LogP contribution is 2.00. The van der Waals surface area contributed by atoms with Crippen molar-refractivity contribution in [3.8, 4) is 0 Å². The molecule has 1 N–H and O–H groups in total. The summed E-state index contributed by atoms with van der Waals surface area (Å²) in [5.74, 6) is 1.85. The quantitative estimate of drug-likeness (QED) is 0.771. The Balaban J connectivity index is 2.61. The van der Waals surface area contributed by atoms with Crippen LogP contribution in [0.1, 0.15) is 31.9 Å². The van der Waals surface area contributed by atoms with Gasteiger partial charge in [0.05, 0.1) is 6.54 Å². The summed E-state index contributed by atoms with van der Waals surface area (Å²) in [6.45, 7) is 10.2. The first-order chi connectivity index (χ1) is 6.67. The molecule has 0 spiro atoms. The van der Waals surface area contributed by atoms with Crippen LogP contribution < -0.4 is 5.32 Å². The summed E-state index contributed by atoms with van der Waals surface area (Å²) in [5.41, 5.74) is 0. The Labute approximate surface area is 85.7 Å². The topological polar surface area (TPSA) is 42.7 Å². The molecule has 0 aliphatic rings. The lowest BCUT2D eigenvalue weighted by Gasteiger charge is -2.15. The maximum atomic E-state index is 4.35. The van der Waals surface area contributed by atoms with Gasteiger partial charge in [0, 0.05) is 6.04 Å². The van der Waals surface area contributed by atoms with Crippen LogP contribution in [0.3, 0.4) is 0 Å². The predicted molar refractivity (Wildman–Crippen MR) is 57.3 cm³/mol. The molecular weight excluding hydrogens is 176 g/mol. The molecule has 0 aliphatic carbocycles. The van der Waals surface area contributed by atoms with Crippen LogP contribution in [0.2, 0.25) is 0 Å². The van der Waals surface area contributed by atoms with Gasteiger partial charge in [-0.25, -0.2) is 9.67 Å². The minimum Gasteiger partial charge on any atom is -0.312 e. The van der Waals surface area contributed by atoms with Crippen LogP contribution in [0.15, 0.2) is 0 Å². The number of nitrogens with one attached hydrogen (secondary N) is 1. The summed E-state index contributed by atoms with van der Waals surface area (Å²) in [4.78, 5) is 4.28. The third kappa shape index (κ3) is 2.80. The van der Waals surface area contributed by atoms with E-state index in [-0.39, 0.29) is 0 Å². The van der Waals surface area contributed by atoms with E-state index in [1.54, 1.807) is 0 Å². The molecule has 1 unspecified atom stereocenters. The zero-order valence-electron chi connectivity index (χ0n) is 9.54. The van der Waals surface area contributed by atoms with Crippen LogP contribution in [0.4, 0.5) is 0 Å². The third-order valence-corrected chi connectivity index (χ3v) is 2.34. The highest BCUT2D eigenvalue weighted by Gasteiger charge is 2.08. The molecule has 4 nitrogen and oxygen atoms in total. The van der Waals surface area contributed by atoms with Crippen LogP contribution in [0.25, 0.3) is 0 Å². The number of hydrogen-bond acceptors (Lipinski definition) is 3. The molecule has 0 aromatic carbocycles. The Morgan fingerprint density at radius 3 is 2.50 bits per heavy atom. The molecule has 1 atom stereocenters. The molecule has 0 bridgehead atoms. The zero-order valence-corrected chi connectivity index (χ0v) is 9.54. The lowest BCUT2D eigenvalue weighted by molar-refractivity contribution is 0.418. The molecule has 1 aromatic heterocycles. The molecule has 1 aromatic rings. The zero-order chi connectivity index (χ0) is 10.6. The summed E-state index contributed by atoms with van der Waals surface area (Å²) in [6.07, 6.45) is 1.12. The van der Waals surface area contributed by atoms with Gasteiger partial charge in [-0.1, -0.05) is 13.8 Å². The third-order valence-electron chi connectivity index (χ3n) is 2.34. The van der Waals surface area contributed by atoms with Gasteiger partial charge in [-0.05, 0) is 26.8 Å². The molecule has 0 fully saturated rings. The van der Waals surface area contributed by atoms with Gasteiger partial charge >= 0.3 is 0 Å². The minimum atomic E-state index is 0.500. The minimum absolute atomic E-state index is 0.500.